The zero-order chi connectivity index (χ0) is 20.9. The summed E-state index contributed by atoms with van der Waals surface area (Å²) in [6.07, 6.45) is -0.609. The van der Waals surface area contributed by atoms with Crippen molar-refractivity contribution in [3.63, 3.8) is 0 Å². The Morgan fingerprint density at radius 3 is 2.45 bits per heavy atom. The zero-order valence-electron chi connectivity index (χ0n) is 15.9. The van der Waals surface area contributed by atoms with Crippen LogP contribution < -0.4 is 4.90 Å². The van der Waals surface area contributed by atoms with Crippen molar-refractivity contribution in [2.75, 3.05) is 39.3 Å². The van der Waals surface area contributed by atoms with Gasteiger partial charge in [0.05, 0.1) is 44.3 Å². The van der Waals surface area contributed by atoms with Crippen LogP contribution in [0.1, 0.15) is 5.56 Å². The van der Waals surface area contributed by atoms with Gasteiger partial charge in [-0.25, -0.2) is 8.42 Å². The molecule has 9 heteroatoms. The molecule has 1 atom stereocenters. The number of aliphatic hydroxyl groups is 1. The largest absolute Gasteiger partial charge is 0.385 e. The fraction of sp³-hybridized carbons (Fsp3) is 0.400. The summed E-state index contributed by atoms with van der Waals surface area (Å²) < 4.78 is 33.5. The summed E-state index contributed by atoms with van der Waals surface area (Å²) in [7, 11) is -3.48. The zero-order valence-corrected chi connectivity index (χ0v) is 19.1. The highest BCUT2D eigenvalue weighted by Gasteiger charge is 2.31. The van der Waals surface area contributed by atoms with Crippen molar-refractivity contribution in [1.82, 2.24) is 4.31 Å². The number of sulfonamides is 1. The maximum Gasteiger partial charge on any atom is 0.243 e. The van der Waals surface area contributed by atoms with Gasteiger partial charge in [0, 0.05) is 9.50 Å². The summed E-state index contributed by atoms with van der Waals surface area (Å²) in [6.45, 7) is 3.26. The molecule has 1 aliphatic rings. The van der Waals surface area contributed by atoms with E-state index in [1.165, 1.54) is 9.21 Å². The summed E-state index contributed by atoms with van der Waals surface area (Å²) in [5.74, 6) is 0. The molecule has 0 aliphatic carbocycles. The number of rotatable bonds is 8. The van der Waals surface area contributed by atoms with Gasteiger partial charge in [0.25, 0.3) is 0 Å². The maximum absolute atomic E-state index is 12.8. The first kappa shape index (κ1) is 22.7. The molecule has 1 aliphatic heterocycles. The molecule has 0 radical (unpaired) electrons. The predicted octanol–water partition coefficient (Wildman–Crippen LogP) is 1.57. The van der Waals surface area contributed by atoms with Crippen molar-refractivity contribution >= 4 is 37.6 Å². The minimum absolute atomic E-state index is 0.218. The SMILES string of the molecule is O=S(=O)(c1ccc(Br)cc1)N1CC[NH+](C[C@@H](O)COCc2ccccc2Cl)CC1. The monoisotopic (exact) mass is 503 g/mol. The molecule has 29 heavy (non-hydrogen) atoms. The number of aliphatic hydroxyl groups excluding tert-OH is 1. The Hall–Kier alpha value is -1.00. The summed E-state index contributed by atoms with van der Waals surface area (Å²) in [5, 5.41) is 10.9. The highest BCUT2D eigenvalue weighted by atomic mass is 79.9. The Morgan fingerprint density at radius 2 is 1.79 bits per heavy atom. The Balaban J connectivity index is 1.43. The normalized spacial score (nSPS) is 17.3. The fourth-order valence-corrected chi connectivity index (χ4v) is 5.21. The van der Waals surface area contributed by atoms with Crippen LogP contribution in [-0.4, -0.2) is 63.3 Å². The molecule has 2 N–H and O–H groups in total. The van der Waals surface area contributed by atoms with E-state index in [-0.39, 0.29) is 6.61 Å². The van der Waals surface area contributed by atoms with Crippen LogP contribution in [-0.2, 0) is 21.4 Å². The molecule has 2 aromatic carbocycles. The average Bonchev–Trinajstić information content (AvgIpc) is 2.70. The molecule has 6 nitrogen and oxygen atoms in total. The van der Waals surface area contributed by atoms with E-state index in [1.807, 2.05) is 24.3 Å². The number of nitrogens with one attached hydrogen (secondary N) is 1. The van der Waals surface area contributed by atoms with Gasteiger partial charge in [-0.1, -0.05) is 45.7 Å². The van der Waals surface area contributed by atoms with Gasteiger partial charge < -0.3 is 14.7 Å². The third-order valence-corrected chi connectivity index (χ3v) is 7.74. The van der Waals surface area contributed by atoms with E-state index in [0.717, 1.165) is 10.0 Å². The summed E-state index contributed by atoms with van der Waals surface area (Å²) in [4.78, 5) is 1.47. The molecule has 158 valence electrons. The maximum atomic E-state index is 12.8. The van der Waals surface area contributed by atoms with Gasteiger partial charge >= 0.3 is 0 Å². The van der Waals surface area contributed by atoms with Crippen molar-refractivity contribution in [2.45, 2.75) is 17.6 Å². The van der Waals surface area contributed by atoms with Crippen LogP contribution in [0, 0.1) is 0 Å². The minimum atomic E-state index is -3.48. The van der Waals surface area contributed by atoms with Crippen molar-refractivity contribution in [2.24, 2.45) is 0 Å². The third-order valence-electron chi connectivity index (χ3n) is 4.93. The van der Waals surface area contributed by atoms with Crippen LogP contribution in [0.2, 0.25) is 5.02 Å². The Morgan fingerprint density at radius 1 is 1.14 bits per heavy atom. The molecule has 0 unspecified atom stereocenters. The Bertz CT molecular complexity index is 903. The average molecular weight is 505 g/mol. The Kier molecular flexibility index (Phi) is 8.09. The van der Waals surface area contributed by atoms with Crippen LogP contribution in [0.3, 0.4) is 0 Å². The quantitative estimate of drug-likeness (QED) is 0.573. The molecule has 0 bridgehead atoms. The van der Waals surface area contributed by atoms with Crippen LogP contribution in [0.4, 0.5) is 0 Å². The molecule has 0 aromatic heterocycles. The van der Waals surface area contributed by atoms with Gasteiger partial charge in [-0.3, -0.25) is 0 Å². The number of hydrogen-bond acceptors (Lipinski definition) is 4. The van der Waals surface area contributed by atoms with E-state index in [2.05, 4.69) is 15.9 Å². The summed E-state index contributed by atoms with van der Waals surface area (Å²) >= 11 is 9.42. The van der Waals surface area contributed by atoms with E-state index in [4.69, 9.17) is 16.3 Å². The van der Waals surface area contributed by atoms with Crippen molar-refractivity contribution < 1.29 is 23.2 Å². The highest BCUT2D eigenvalue weighted by molar-refractivity contribution is 9.10. The summed E-state index contributed by atoms with van der Waals surface area (Å²) in [6, 6.07) is 14.1. The minimum Gasteiger partial charge on any atom is -0.385 e. The van der Waals surface area contributed by atoms with E-state index >= 15 is 0 Å². The van der Waals surface area contributed by atoms with Gasteiger partial charge in [0.2, 0.25) is 10.0 Å². The number of piperazine rings is 1. The second kappa shape index (κ2) is 10.3. The lowest BCUT2D eigenvalue weighted by Crippen LogP contribution is -3.15. The van der Waals surface area contributed by atoms with E-state index < -0.39 is 16.1 Å². The molecule has 1 heterocycles. The Labute approximate surface area is 185 Å². The van der Waals surface area contributed by atoms with Crippen LogP contribution in [0.25, 0.3) is 0 Å². The van der Waals surface area contributed by atoms with Gasteiger partial charge in [-0.2, -0.15) is 4.31 Å². The van der Waals surface area contributed by atoms with Gasteiger partial charge in [0.1, 0.15) is 12.6 Å². The first-order valence-electron chi connectivity index (χ1n) is 9.45. The smallest absolute Gasteiger partial charge is 0.243 e. The number of benzene rings is 2. The number of nitrogens with zero attached hydrogens (tertiary/aromatic N) is 1. The first-order valence-corrected chi connectivity index (χ1v) is 12.1. The highest BCUT2D eigenvalue weighted by Crippen LogP contribution is 2.19. The molecular formula is C20H25BrClN2O4S+. The van der Waals surface area contributed by atoms with Crippen LogP contribution in [0.5, 0.6) is 0 Å². The van der Waals surface area contributed by atoms with Gasteiger partial charge in [0.15, 0.2) is 0 Å². The van der Waals surface area contributed by atoms with Crippen molar-refractivity contribution in [1.29, 1.82) is 0 Å². The number of halogens is 2. The molecule has 0 saturated carbocycles. The number of hydrogen-bond donors (Lipinski definition) is 2. The second-order valence-corrected chi connectivity index (χ2v) is 10.3. The lowest BCUT2D eigenvalue weighted by molar-refractivity contribution is -0.906. The van der Waals surface area contributed by atoms with Gasteiger partial charge in [-0.15, -0.1) is 0 Å². The predicted molar refractivity (Wildman–Crippen MR) is 116 cm³/mol. The second-order valence-electron chi connectivity index (χ2n) is 7.07. The van der Waals surface area contributed by atoms with Gasteiger partial charge in [-0.05, 0) is 35.9 Å². The first-order chi connectivity index (χ1) is 13.9. The molecule has 1 fully saturated rings. The number of quaternary nitrogens is 1. The van der Waals surface area contributed by atoms with E-state index in [9.17, 15) is 13.5 Å². The van der Waals surface area contributed by atoms with E-state index in [1.54, 1.807) is 24.3 Å². The molecule has 0 amide bonds. The van der Waals surface area contributed by atoms with Crippen LogP contribution in [0.15, 0.2) is 57.9 Å². The van der Waals surface area contributed by atoms with Crippen LogP contribution >= 0.6 is 27.5 Å². The number of ether oxygens (including phenoxy) is 1. The third kappa shape index (κ3) is 6.24. The van der Waals surface area contributed by atoms with Crippen molar-refractivity contribution in [3.8, 4) is 0 Å². The molecule has 2 aromatic rings. The molecule has 0 spiro atoms. The van der Waals surface area contributed by atoms with Crippen molar-refractivity contribution in [3.05, 3.63) is 63.6 Å². The van der Waals surface area contributed by atoms with E-state index in [0.29, 0.717) is 49.2 Å². The lowest BCUT2D eigenvalue weighted by Gasteiger charge is -2.32. The molecule has 3 rings (SSSR count). The molecular weight excluding hydrogens is 480 g/mol. The standard InChI is InChI=1S/C20H24BrClN2O4S/c21-17-5-7-19(8-6-17)29(26,27)24-11-9-23(10-12-24)13-18(25)15-28-14-16-3-1-2-4-20(16)22/h1-8,18,25H,9-15H2/p+1/t18-/m1/s1. The molecule has 1 saturated heterocycles. The fourth-order valence-electron chi connectivity index (χ4n) is 3.32. The summed E-state index contributed by atoms with van der Waals surface area (Å²) in [5.41, 5.74) is 0.889. The topological polar surface area (TPSA) is 71.3 Å². The lowest BCUT2D eigenvalue weighted by atomic mass is 10.2.